The summed E-state index contributed by atoms with van der Waals surface area (Å²) >= 11 is 0. The number of hydrogen-bond donors (Lipinski definition) is 0. The van der Waals surface area contributed by atoms with E-state index in [-0.39, 0.29) is 11.9 Å². The van der Waals surface area contributed by atoms with Crippen LogP contribution in [0.2, 0.25) is 0 Å². The van der Waals surface area contributed by atoms with Crippen LogP contribution in [0, 0.1) is 11.8 Å². The summed E-state index contributed by atoms with van der Waals surface area (Å²) in [6.45, 7) is 2.23. The number of ether oxygens (including phenoxy) is 1. The molecule has 1 aromatic heterocycles. The van der Waals surface area contributed by atoms with E-state index >= 15 is 0 Å². The molecule has 1 aliphatic carbocycles. The maximum Gasteiger partial charge on any atom is 0.314 e. The molecule has 24 heavy (non-hydrogen) atoms. The van der Waals surface area contributed by atoms with Crippen LogP contribution in [0.1, 0.15) is 51.9 Å². The van der Waals surface area contributed by atoms with E-state index in [0.717, 1.165) is 37.3 Å². The predicted molar refractivity (Wildman–Crippen MR) is 89.8 cm³/mol. The molecule has 1 fully saturated rings. The highest BCUT2D eigenvalue weighted by atomic mass is 16.5. The summed E-state index contributed by atoms with van der Waals surface area (Å²) in [5, 5.41) is 11.0. The Bertz CT molecular complexity index is 632. The Morgan fingerprint density at radius 1 is 1.21 bits per heavy atom. The average Bonchev–Trinajstić information content (AvgIpc) is 3.15. The second kappa shape index (κ2) is 8.04. The Balaban J connectivity index is 1.50. The summed E-state index contributed by atoms with van der Waals surface area (Å²) in [5.74, 6) is 1.32. The molecule has 0 N–H and O–H groups in total. The first-order chi connectivity index (χ1) is 11.8. The third kappa shape index (κ3) is 4.19. The fraction of sp³-hybridized carbons (Fsp3) is 0.556. The molecule has 0 spiro atoms. The minimum Gasteiger partial charge on any atom is -0.426 e. The number of esters is 1. The molecule has 0 unspecified atom stereocenters. The van der Waals surface area contributed by atoms with E-state index in [0.29, 0.717) is 5.75 Å². The molecule has 0 amide bonds. The monoisotopic (exact) mass is 328 g/mol. The summed E-state index contributed by atoms with van der Waals surface area (Å²) in [6.07, 6.45) is 9.59. The summed E-state index contributed by atoms with van der Waals surface area (Å²) in [7, 11) is 0. The number of unbranched alkanes of at least 4 members (excludes halogenated alkanes) is 1. The Morgan fingerprint density at radius 2 is 1.96 bits per heavy atom. The van der Waals surface area contributed by atoms with Gasteiger partial charge in [0.05, 0.1) is 11.6 Å². The molecule has 0 aliphatic heterocycles. The molecule has 3 rings (SSSR count). The molecular formula is C18H24N4O2. The minimum atomic E-state index is -0.0980. The van der Waals surface area contributed by atoms with Crippen LogP contribution in [-0.4, -0.2) is 26.2 Å². The van der Waals surface area contributed by atoms with E-state index in [1.54, 1.807) is 16.8 Å². The number of hydrogen-bond acceptors (Lipinski definition) is 5. The van der Waals surface area contributed by atoms with Crippen LogP contribution in [0.15, 0.2) is 30.6 Å². The van der Waals surface area contributed by atoms with Crippen LogP contribution >= 0.6 is 0 Å². The normalized spacial score (nSPS) is 20.7. The van der Waals surface area contributed by atoms with Gasteiger partial charge < -0.3 is 4.74 Å². The summed E-state index contributed by atoms with van der Waals surface area (Å²) < 4.78 is 7.10. The van der Waals surface area contributed by atoms with Gasteiger partial charge in [-0.1, -0.05) is 26.2 Å². The van der Waals surface area contributed by atoms with Gasteiger partial charge in [0.1, 0.15) is 12.1 Å². The van der Waals surface area contributed by atoms with Gasteiger partial charge in [-0.2, -0.15) is 0 Å². The molecule has 1 aliphatic rings. The quantitative estimate of drug-likeness (QED) is 0.599. The van der Waals surface area contributed by atoms with E-state index in [4.69, 9.17) is 4.74 Å². The number of carbonyl (C=O) groups is 1. The van der Waals surface area contributed by atoms with Crippen LogP contribution in [0.3, 0.4) is 0 Å². The van der Waals surface area contributed by atoms with Gasteiger partial charge in [-0.15, -0.1) is 5.10 Å². The smallest absolute Gasteiger partial charge is 0.314 e. The lowest BCUT2D eigenvalue weighted by molar-refractivity contribution is -0.140. The van der Waals surface area contributed by atoms with Crippen LogP contribution in [0.4, 0.5) is 0 Å². The molecule has 0 atom stereocenters. The van der Waals surface area contributed by atoms with Gasteiger partial charge in [-0.3, -0.25) is 4.79 Å². The fourth-order valence-electron chi connectivity index (χ4n) is 3.33. The summed E-state index contributed by atoms with van der Waals surface area (Å²) in [5.41, 5.74) is 0.830. The van der Waals surface area contributed by atoms with E-state index in [9.17, 15) is 4.79 Å². The van der Waals surface area contributed by atoms with Crippen molar-refractivity contribution in [3.05, 3.63) is 30.6 Å². The van der Waals surface area contributed by atoms with Gasteiger partial charge >= 0.3 is 5.97 Å². The van der Waals surface area contributed by atoms with Crippen molar-refractivity contribution in [3.63, 3.8) is 0 Å². The molecule has 6 heteroatoms. The van der Waals surface area contributed by atoms with Gasteiger partial charge in [-0.05, 0) is 66.3 Å². The minimum absolute atomic E-state index is 0.0436. The standard InChI is InChI=1S/C18H24N4O2/c1-2-3-4-14-5-7-15(8-6-14)18(23)24-17-11-9-16(10-12-17)22-13-19-20-21-22/h9-15H,2-8H2,1H3. The molecule has 0 bridgehead atoms. The van der Waals surface area contributed by atoms with Crippen LogP contribution in [0.25, 0.3) is 5.69 Å². The second-order valence-corrected chi connectivity index (χ2v) is 6.53. The van der Waals surface area contributed by atoms with Crippen LogP contribution < -0.4 is 4.74 Å². The lowest BCUT2D eigenvalue weighted by Crippen LogP contribution is -2.25. The number of aromatic nitrogens is 4. The first-order valence-corrected chi connectivity index (χ1v) is 8.81. The van der Waals surface area contributed by atoms with Crippen molar-refractivity contribution in [1.29, 1.82) is 0 Å². The van der Waals surface area contributed by atoms with Gasteiger partial charge in [0.25, 0.3) is 0 Å². The van der Waals surface area contributed by atoms with Crippen molar-refractivity contribution in [2.45, 2.75) is 51.9 Å². The van der Waals surface area contributed by atoms with Crippen molar-refractivity contribution in [2.24, 2.45) is 11.8 Å². The molecule has 0 radical (unpaired) electrons. The zero-order chi connectivity index (χ0) is 16.8. The third-order valence-electron chi connectivity index (χ3n) is 4.81. The van der Waals surface area contributed by atoms with Crippen molar-refractivity contribution >= 4 is 5.97 Å². The van der Waals surface area contributed by atoms with Crippen molar-refractivity contribution in [2.75, 3.05) is 0 Å². The van der Waals surface area contributed by atoms with Gasteiger partial charge in [-0.25, -0.2) is 4.68 Å². The second-order valence-electron chi connectivity index (χ2n) is 6.53. The van der Waals surface area contributed by atoms with E-state index < -0.39 is 0 Å². The van der Waals surface area contributed by atoms with Crippen molar-refractivity contribution in [1.82, 2.24) is 20.2 Å². The van der Waals surface area contributed by atoms with Gasteiger partial charge in [0.2, 0.25) is 0 Å². The first kappa shape index (κ1) is 16.6. The summed E-state index contributed by atoms with van der Waals surface area (Å²) in [6, 6.07) is 7.23. The molecule has 0 saturated heterocycles. The van der Waals surface area contributed by atoms with Gasteiger partial charge in [0.15, 0.2) is 0 Å². The number of tetrazole rings is 1. The highest BCUT2D eigenvalue weighted by molar-refractivity contribution is 5.75. The fourth-order valence-corrected chi connectivity index (χ4v) is 3.33. The largest absolute Gasteiger partial charge is 0.426 e. The van der Waals surface area contributed by atoms with Crippen molar-refractivity contribution < 1.29 is 9.53 Å². The highest BCUT2D eigenvalue weighted by Crippen LogP contribution is 2.32. The number of nitrogens with zero attached hydrogens (tertiary/aromatic N) is 4. The van der Waals surface area contributed by atoms with E-state index in [2.05, 4.69) is 22.4 Å². The number of benzene rings is 1. The maximum atomic E-state index is 12.3. The first-order valence-electron chi connectivity index (χ1n) is 8.81. The van der Waals surface area contributed by atoms with E-state index in [1.165, 1.54) is 25.6 Å². The molecule has 1 heterocycles. The zero-order valence-electron chi connectivity index (χ0n) is 14.1. The van der Waals surface area contributed by atoms with Crippen LogP contribution in [0.5, 0.6) is 5.75 Å². The Labute approximate surface area is 142 Å². The Kier molecular flexibility index (Phi) is 5.56. The molecule has 1 aromatic carbocycles. The number of carbonyl (C=O) groups excluding carboxylic acids is 1. The summed E-state index contributed by atoms with van der Waals surface area (Å²) in [4.78, 5) is 12.3. The molecule has 6 nitrogen and oxygen atoms in total. The lowest BCUT2D eigenvalue weighted by atomic mass is 9.80. The molecule has 128 valence electrons. The van der Waals surface area contributed by atoms with Crippen molar-refractivity contribution in [3.8, 4) is 11.4 Å². The molecule has 1 saturated carbocycles. The van der Waals surface area contributed by atoms with Gasteiger partial charge in [0, 0.05) is 0 Å². The molecule has 2 aromatic rings. The number of rotatable bonds is 6. The average molecular weight is 328 g/mol. The SMILES string of the molecule is CCCCC1CCC(C(=O)Oc2ccc(-n3cnnn3)cc2)CC1. The van der Waals surface area contributed by atoms with E-state index in [1.807, 2.05) is 12.1 Å². The predicted octanol–water partition coefficient (Wildman–Crippen LogP) is 3.56. The third-order valence-corrected chi connectivity index (χ3v) is 4.81. The van der Waals surface area contributed by atoms with Crippen LogP contribution in [-0.2, 0) is 4.79 Å². The lowest BCUT2D eigenvalue weighted by Gasteiger charge is -2.27. The zero-order valence-corrected chi connectivity index (χ0v) is 14.1. The molecular weight excluding hydrogens is 304 g/mol. The Morgan fingerprint density at radius 3 is 2.58 bits per heavy atom. The highest BCUT2D eigenvalue weighted by Gasteiger charge is 2.27. The topological polar surface area (TPSA) is 69.9 Å². The maximum absolute atomic E-state index is 12.3. The Hall–Kier alpha value is -2.24.